The molecule has 0 radical (unpaired) electrons. The van der Waals surface area contributed by atoms with Crippen LogP contribution in [0.3, 0.4) is 0 Å². The zero-order chi connectivity index (χ0) is 16.7. The van der Waals surface area contributed by atoms with Gasteiger partial charge in [0.25, 0.3) is 0 Å². The standard InChI is InChI=1S/C19H24N2O2/c1-18(2,3)23-17(22)21-12-16(19(13-21)9-4-10-19)15-7-5-14(11-20)6-8-15/h5-8,16H,4,9-10,12-13H2,1-3H3. The summed E-state index contributed by atoms with van der Waals surface area (Å²) in [5.74, 6) is 0.344. The number of hydrogen-bond donors (Lipinski definition) is 0. The van der Waals surface area contributed by atoms with Crippen LogP contribution in [0.1, 0.15) is 57.1 Å². The first kappa shape index (κ1) is 15.9. The third kappa shape index (κ3) is 3.06. The Balaban J connectivity index is 1.80. The first-order valence-electron chi connectivity index (χ1n) is 8.31. The van der Waals surface area contributed by atoms with Gasteiger partial charge in [-0.15, -0.1) is 0 Å². The van der Waals surface area contributed by atoms with E-state index >= 15 is 0 Å². The molecule has 2 aliphatic rings. The summed E-state index contributed by atoms with van der Waals surface area (Å²) < 4.78 is 5.55. The van der Waals surface area contributed by atoms with E-state index in [0.29, 0.717) is 18.0 Å². The highest BCUT2D eigenvalue weighted by atomic mass is 16.6. The van der Waals surface area contributed by atoms with Crippen molar-refractivity contribution in [3.05, 3.63) is 35.4 Å². The molecule has 23 heavy (non-hydrogen) atoms. The lowest BCUT2D eigenvalue weighted by Gasteiger charge is -2.43. The Morgan fingerprint density at radius 1 is 1.30 bits per heavy atom. The predicted molar refractivity (Wildman–Crippen MR) is 88.0 cm³/mol. The second-order valence-electron chi connectivity index (χ2n) is 7.86. The molecule has 122 valence electrons. The van der Waals surface area contributed by atoms with Gasteiger partial charge in [-0.3, -0.25) is 0 Å². The molecule has 1 atom stereocenters. The molecule has 1 amide bonds. The molecule has 0 aromatic heterocycles. The van der Waals surface area contributed by atoms with Gasteiger partial charge in [-0.05, 0) is 56.7 Å². The largest absolute Gasteiger partial charge is 0.444 e. The number of carbonyl (C=O) groups is 1. The van der Waals surface area contributed by atoms with Crippen molar-refractivity contribution in [2.75, 3.05) is 13.1 Å². The maximum Gasteiger partial charge on any atom is 0.410 e. The van der Waals surface area contributed by atoms with E-state index in [0.717, 1.165) is 19.4 Å². The van der Waals surface area contributed by atoms with Gasteiger partial charge in [-0.2, -0.15) is 5.26 Å². The number of carbonyl (C=O) groups excluding carboxylic acids is 1. The van der Waals surface area contributed by atoms with Crippen molar-refractivity contribution in [3.8, 4) is 6.07 Å². The number of hydrogen-bond acceptors (Lipinski definition) is 3. The van der Waals surface area contributed by atoms with Crippen molar-refractivity contribution in [1.82, 2.24) is 4.90 Å². The molecule has 0 N–H and O–H groups in total. The Bertz CT molecular complexity index is 633. The van der Waals surface area contributed by atoms with Gasteiger partial charge < -0.3 is 9.64 Å². The minimum atomic E-state index is -0.462. The van der Waals surface area contributed by atoms with E-state index in [-0.39, 0.29) is 11.5 Å². The number of ether oxygens (including phenoxy) is 1. The number of amides is 1. The normalized spacial score (nSPS) is 22.5. The second kappa shape index (κ2) is 5.56. The fourth-order valence-electron chi connectivity index (χ4n) is 3.82. The minimum Gasteiger partial charge on any atom is -0.444 e. The van der Waals surface area contributed by atoms with Crippen LogP contribution in [0.15, 0.2) is 24.3 Å². The molecule has 1 saturated carbocycles. The molecule has 1 aliphatic heterocycles. The lowest BCUT2D eigenvalue weighted by atomic mass is 9.61. The number of nitriles is 1. The average Bonchev–Trinajstić information content (AvgIpc) is 2.86. The molecule has 1 heterocycles. The molecule has 1 aliphatic carbocycles. The molecule has 1 aromatic carbocycles. The van der Waals surface area contributed by atoms with Crippen LogP contribution < -0.4 is 0 Å². The lowest BCUT2D eigenvalue weighted by molar-refractivity contribution is 0.0244. The number of benzene rings is 1. The first-order valence-corrected chi connectivity index (χ1v) is 8.31. The van der Waals surface area contributed by atoms with Gasteiger partial charge in [0.2, 0.25) is 0 Å². The summed E-state index contributed by atoms with van der Waals surface area (Å²) in [6.45, 7) is 7.20. The summed E-state index contributed by atoms with van der Waals surface area (Å²) in [5, 5.41) is 8.96. The van der Waals surface area contributed by atoms with Crippen LogP contribution in [0.5, 0.6) is 0 Å². The highest BCUT2D eigenvalue weighted by Gasteiger charge is 2.52. The zero-order valence-electron chi connectivity index (χ0n) is 14.1. The van der Waals surface area contributed by atoms with Gasteiger partial charge in [-0.25, -0.2) is 4.79 Å². The molecule has 1 saturated heterocycles. The van der Waals surface area contributed by atoms with Crippen LogP contribution in [-0.4, -0.2) is 29.7 Å². The van der Waals surface area contributed by atoms with Crippen molar-refractivity contribution < 1.29 is 9.53 Å². The van der Waals surface area contributed by atoms with E-state index < -0.39 is 5.60 Å². The number of nitrogens with zero attached hydrogens (tertiary/aromatic N) is 2. The predicted octanol–water partition coefficient (Wildman–Crippen LogP) is 4.06. The number of rotatable bonds is 1. The molecule has 1 unspecified atom stereocenters. The van der Waals surface area contributed by atoms with Gasteiger partial charge in [0.1, 0.15) is 5.60 Å². The molecular weight excluding hydrogens is 288 g/mol. The average molecular weight is 312 g/mol. The quantitative estimate of drug-likeness (QED) is 0.785. The smallest absolute Gasteiger partial charge is 0.410 e. The molecular formula is C19H24N2O2. The topological polar surface area (TPSA) is 53.3 Å². The van der Waals surface area contributed by atoms with Crippen molar-refractivity contribution in [3.63, 3.8) is 0 Å². The molecule has 4 nitrogen and oxygen atoms in total. The van der Waals surface area contributed by atoms with Crippen LogP contribution in [0.4, 0.5) is 4.79 Å². The third-order valence-electron chi connectivity index (χ3n) is 5.09. The molecule has 2 fully saturated rings. The maximum absolute atomic E-state index is 12.4. The Labute approximate surface area is 138 Å². The molecule has 1 spiro atoms. The van der Waals surface area contributed by atoms with Gasteiger partial charge in [0.15, 0.2) is 0 Å². The fraction of sp³-hybridized carbons (Fsp3) is 0.579. The van der Waals surface area contributed by atoms with Crippen molar-refractivity contribution in [2.45, 2.75) is 51.6 Å². The van der Waals surface area contributed by atoms with Crippen LogP contribution in [-0.2, 0) is 4.74 Å². The van der Waals surface area contributed by atoms with Gasteiger partial charge >= 0.3 is 6.09 Å². The van der Waals surface area contributed by atoms with E-state index in [9.17, 15) is 4.79 Å². The van der Waals surface area contributed by atoms with E-state index in [4.69, 9.17) is 10.00 Å². The summed E-state index contributed by atoms with van der Waals surface area (Å²) in [7, 11) is 0. The third-order valence-corrected chi connectivity index (χ3v) is 5.09. The molecule has 0 bridgehead atoms. The summed E-state index contributed by atoms with van der Waals surface area (Å²) in [4.78, 5) is 14.3. The van der Waals surface area contributed by atoms with Crippen LogP contribution >= 0.6 is 0 Å². The fourth-order valence-corrected chi connectivity index (χ4v) is 3.82. The van der Waals surface area contributed by atoms with E-state index in [2.05, 4.69) is 6.07 Å². The lowest BCUT2D eigenvalue weighted by Crippen LogP contribution is -2.39. The highest BCUT2D eigenvalue weighted by molar-refractivity contribution is 5.69. The van der Waals surface area contributed by atoms with Gasteiger partial charge in [-0.1, -0.05) is 18.6 Å². The highest BCUT2D eigenvalue weighted by Crippen LogP contribution is 2.55. The Morgan fingerprint density at radius 2 is 1.96 bits per heavy atom. The van der Waals surface area contributed by atoms with Crippen molar-refractivity contribution >= 4 is 6.09 Å². The van der Waals surface area contributed by atoms with Crippen molar-refractivity contribution in [2.24, 2.45) is 5.41 Å². The van der Waals surface area contributed by atoms with Crippen LogP contribution in [0.2, 0.25) is 0 Å². The first-order chi connectivity index (χ1) is 10.8. The van der Waals surface area contributed by atoms with E-state index in [1.54, 1.807) is 0 Å². The minimum absolute atomic E-state index is 0.199. The molecule has 4 heteroatoms. The van der Waals surface area contributed by atoms with Gasteiger partial charge in [0.05, 0.1) is 11.6 Å². The summed E-state index contributed by atoms with van der Waals surface area (Å²) in [5.41, 5.74) is 1.65. The summed E-state index contributed by atoms with van der Waals surface area (Å²) >= 11 is 0. The summed E-state index contributed by atoms with van der Waals surface area (Å²) in [6, 6.07) is 9.99. The molecule has 1 aromatic rings. The SMILES string of the molecule is CC(C)(C)OC(=O)N1CC(c2ccc(C#N)cc2)C2(CCC2)C1. The number of likely N-dealkylation sites (tertiary alicyclic amines) is 1. The second-order valence-corrected chi connectivity index (χ2v) is 7.86. The maximum atomic E-state index is 12.4. The Morgan fingerprint density at radius 3 is 2.43 bits per heavy atom. The van der Waals surface area contributed by atoms with Gasteiger partial charge in [0, 0.05) is 19.0 Å². The Hall–Kier alpha value is -2.02. The van der Waals surface area contributed by atoms with E-state index in [1.165, 1.54) is 12.0 Å². The summed E-state index contributed by atoms with van der Waals surface area (Å²) in [6.07, 6.45) is 3.35. The van der Waals surface area contributed by atoms with E-state index in [1.807, 2.05) is 49.9 Å². The van der Waals surface area contributed by atoms with Crippen LogP contribution in [0.25, 0.3) is 0 Å². The van der Waals surface area contributed by atoms with Crippen molar-refractivity contribution in [1.29, 1.82) is 5.26 Å². The Kier molecular flexibility index (Phi) is 3.83. The zero-order valence-corrected chi connectivity index (χ0v) is 14.1. The molecule has 3 rings (SSSR count). The monoisotopic (exact) mass is 312 g/mol. The van der Waals surface area contributed by atoms with Crippen LogP contribution in [0, 0.1) is 16.7 Å².